The molecule has 1 N–H and O–H groups in total. The maximum atomic E-state index is 12.2. The van der Waals surface area contributed by atoms with E-state index in [1.54, 1.807) is 6.20 Å². The molecule has 0 saturated carbocycles. The Labute approximate surface area is 132 Å². The summed E-state index contributed by atoms with van der Waals surface area (Å²) in [6.45, 7) is 6.28. The minimum absolute atomic E-state index is 0.136. The molecule has 0 atom stereocenters. The van der Waals surface area contributed by atoms with Gasteiger partial charge < -0.3 is 10.2 Å². The molecule has 22 heavy (non-hydrogen) atoms. The molecule has 0 aliphatic heterocycles. The maximum Gasteiger partial charge on any atom is 0.257 e. The van der Waals surface area contributed by atoms with Crippen molar-refractivity contribution in [2.24, 2.45) is 0 Å². The second-order valence-corrected chi connectivity index (χ2v) is 5.21. The number of hydrogen-bond donors (Lipinski definition) is 1. The van der Waals surface area contributed by atoms with Crippen LogP contribution in [0, 0.1) is 0 Å². The van der Waals surface area contributed by atoms with E-state index in [-0.39, 0.29) is 5.91 Å². The van der Waals surface area contributed by atoms with Crippen molar-refractivity contribution in [3.05, 3.63) is 54.2 Å². The van der Waals surface area contributed by atoms with Crippen LogP contribution in [0.3, 0.4) is 0 Å². The predicted octanol–water partition coefficient (Wildman–Crippen LogP) is 3.96. The number of carbonyl (C=O) groups is 1. The highest BCUT2D eigenvalue weighted by atomic mass is 16.1. The quantitative estimate of drug-likeness (QED) is 0.841. The van der Waals surface area contributed by atoms with Crippen LogP contribution in [0.1, 0.15) is 37.0 Å². The molecule has 0 spiro atoms. The van der Waals surface area contributed by atoms with Crippen LogP contribution >= 0.6 is 0 Å². The minimum atomic E-state index is -0.136. The van der Waals surface area contributed by atoms with E-state index in [4.69, 9.17) is 0 Å². The Morgan fingerprint density at radius 2 is 1.73 bits per heavy atom. The first kappa shape index (κ1) is 16.0. The fourth-order valence-corrected chi connectivity index (χ4v) is 2.31. The SMILES string of the molecule is CCCN(CCC)c1ccc(C(=O)Nc2ccccc2)cn1. The van der Waals surface area contributed by atoms with Gasteiger partial charge in [-0.3, -0.25) is 4.79 Å². The minimum Gasteiger partial charge on any atom is -0.357 e. The summed E-state index contributed by atoms with van der Waals surface area (Å²) < 4.78 is 0. The lowest BCUT2D eigenvalue weighted by Gasteiger charge is -2.22. The Morgan fingerprint density at radius 1 is 1.05 bits per heavy atom. The lowest BCUT2D eigenvalue weighted by molar-refractivity contribution is 0.102. The molecule has 4 nitrogen and oxygen atoms in total. The summed E-state index contributed by atoms with van der Waals surface area (Å²) in [7, 11) is 0. The fraction of sp³-hybridized carbons (Fsp3) is 0.333. The molecule has 0 radical (unpaired) electrons. The number of aromatic nitrogens is 1. The fourth-order valence-electron chi connectivity index (χ4n) is 2.31. The van der Waals surface area contributed by atoms with E-state index in [1.165, 1.54) is 0 Å². The summed E-state index contributed by atoms with van der Waals surface area (Å²) in [5, 5.41) is 2.86. The van der Waals surface area contributed by atoms with Gasteiger partial charge in [0.15, 0.2) is 0 Å². The summed E-state index contributed by atoms with van der Waals surface area (Å²) in [5.74, 6) is 0.794. The van der Waals surface area contributed by atoms with E-state index in [2.05, 4.69) is 29.0 Å². The Bertz CT molecular complexity index is 575. The zero-order valence-electron chi connectivity index (χ0n) is 13.2. The summed E-state index contributed by atoms with van der Waals surface area (Å²) >= 11 is 0. The highest BCUT2D eigenvalue weighted by Gasteiger charge is 2.09. The molecule has 0 bridgehead atoms. The Hall–Kier alpha value is -2.36. The summed E-state index contributed by atoms with van der Waals surface area (Å²) in [6, 6.07) is 13.2. The van der Waals surface area contributed by atoms with Crippen molar-refractivity contribution >= 4 is 17.4 Å². The molecule has 2 aromatic rings. The molecule has 0 aliphatic rings. The standard InChI is InChI=1S/C18H23N3O/c1-3-12-21(13-4-2)17-11-10-15(14-19-17)18(22)20-16-8-6-5-7-9-16/h5-11,14H,3-4,12-13H2,1-2H3,(H,20,22). The molecule has 0 fully saturated rings. The van der Waals surface area contributed by atoms with Crippen LogP contribution in [-0.4, -0.2) is 24.0 Å². The van der Waals surface area contributed by atoms with Crippen LogP contribution in [-0.2, 0) is 0 Å². The first-order chi connectivity index (χ1) is 10.7. The van der Waals surface area contributed by atoms with Gasteiger partial charge in [-0.2, -0.15) is 0 Å². The second kappa shape index (κ2) is 8.17. The molecule has 1 heterocycles. The number of benzene rings is 1. The molecule has 0 saturated heterocycles. The smallest absolute Gasteiger partial charge is 0.257 e. The number of carbonyl (C=O) groups excluding carboxylic acids is 1. The largest absolute Gasteiger partial charge is 0.357 e. The van der Waals surface area contributed by atoms with Crippen LogP contribution in [0.5, 0.6) is 0 Å². The summed E-state index contributed by atoms with van der Waals surface area (Å²) in [5.41, 5.74) is 1.36. The topological polar surface area (TPSA) is 45.2 Å². The number of amides is 1. The van der Waals surface area contributed by atoms with Crippen LogP contribution in [0.15, 0.2) is 48.7 Å². The van der Waals surface area contributed by atoms with Crippen molar-refractivity contribution in [1.29, 1.82) is 0 Å². The molecule has 1 aromatic carbocycles. The number of anilines is 2. The van der Waals surface area contributed by atoms with Gasteiger partial charge in [-0.15, -0.1) is 0 Å². The Kier molecular flexibility index (Phi) is 5.95. The number of nitrogens with zero attached hydrogens (tertiary/aromatic N) is 2. The number of hydrogen-bond acceptors (Lipinski definition) is 3. The average molecular weight is 297 g/mol. The van der Waals surface area contributed by atoms with Crippen LogP contribution in [0.25, 0.3) is 0 Å². The zero-order valence-corrected chi connectivity index (χ0v) is 13.2. The first-order valence-electron chi connectivity index (χ1n) is 7.82. The van der Waals surface area contributed by atoms with Gasteiger partial charge >= 0.3 is 0 Å². The van der Waals surface area contributed by atoms with Gasteiger partial charge in [0.05, 0.1) is 5.56 Å². The van der Waals surface area contributed by atoms with Crippen LogP contribution in [0.4, 0.5) is 11.5 Å². The van der Waals surface area contributed by atoms with Gasteiger partial charge in [0, 0.05) is 25.0 Å². The maximum absolute atomic E-state index is 12.2. The van der Waals surface area contributed by atoms with Crippen molar-refractivity contribution in [2.75, 3.05) is 23.3 Å². The lowest BCUT2D eigenvalue weighted by atomic mass is 10.2. The van der Waals surface area contributed by atoms with Gasteiger partial charge in [0.1, 0.15) is 5.82 Å². The van der Waals surface area contributed by atoms with Crippen LogP contribution < -0.4 is 10.2 Å². The van der Waals surface area contributed by atoms with Crippen molar-refractivity contribution in [3.8, 4) is 0 Å². The molecule has 0 unspecified atom stereocenters. The van der Waals surface area contributed by atoms with Gasteiger partial charge in [-0.05, 0) is 37.1 Å². The van der Waals surface area contributed by atoms with Crippen LogP contribution in [0.2, 0.25) is 0 Å². The van der Waals surface area contributed by atoms with Gasteiger partial charge in [0.25, 0.3) is 5.91 Å². The third kappa shape index (κ3) is 4.32. The van der Waals surface area contributed by atoms with Gasteiger partial charge in [-0.1, -0.05) is 32.0 Å². The normalized spacial score (nSPS) is 10.3. The van der Waals surface area contributed by atoms with Gasteiger partial charge in [-0.25, -0.2) is 4.98 Å². The molecule has 2 rings (SSSR count). The number of pyridine rings is 1. The van der Waals surface area contributed by atoms with E-state index >= 15 is 0 Å². The predicted molar refractivity (Wildman–Crippen MR) is 91.4 cm³/mol. The number of rotatable bonds is 7. The molecule has 116 valence electrons. The monoisotopic (exact) mass is 297 g/mol. The lowest BCUT2D eigenvalue weighted by Crippen LogP contribution is -2.26. The highest BCUT2D eigenvalue weighted by molar-refractivity contribution is 6.04. The van der Waals surface area contributed by atoms with Crippen molar-refractivity contribution in [2.45, 2.75) is 26.7 Å². The number of para-hydroxylation sites is 1. The van der Waals surface area contributed by atoms with Crippen molar-refractivity contribution in [1.82, 2.24) is 4.98 Å². The van der Waals surface area contributed by atoms with Crippen molar-refractivity contribution in [3.63, 3.8) is 0 Å². The molecular weight excluding hydrogens is 274 g/mol. The molecule has 0 aliphatic carbocycles. The van der Waals surface area contributed by atoms with E-state index in [0.29, 0.717) is 5.56 Å². The summed E-state index contributed by atoms with van der Waals surface area (Å²) in [6.07, 6.45) is 3.81. The van der Waals surface area contributed by atoms with Gasteiger partial charge in [0.2, 0.25) is 0 Å². The summed E-state index contributed by atoms with van der Waals surface area (Å²) in [4.78, 5) is 18.9. The van der Waals surface area contributed by atoms with E-state index in [0.717, 1.165) is 37.4 Å². The van der Waals surface area contributed by atoms with E-state index < -0.39 is 0 Å². The molecule has 1 amide bonds. The van der Waals surface area contributed by atoms with E-state index in [1.807, 2.05) is 42.5 Å². The Morgan fingerprint density at radius 3 is 2.27 bits per heavy atom. The molecule has 4 heteroatoms. The van der Waals surface area contributed by atoms with E-state index in [9.17, 15) is 4.79 Å². The second-order valence-electron chi connectivity index (χ2n) is 5.21. The highest BCUT2D eigenvalue weighted by Crippen LogP contribution is 2.14. The third-order valence-corrected chi connectivity index (χ3v) is 3.35. The average Bonchev–Trinajstić information content (AvgIpc) is 2.56. The Balaban J connectivity index is 2.05. The number of nitrogens with one attached hydrogen (secondary N) is 1. The molecular formula is C18H23N3O. The van der Waals surface area contributed by atoms with Crippen molar-refractivity contribution < 1.29 is 4.79 Å². The first-order valence-corrected chi connectivity index (χ1v) is 7.82. The molecule has 1 aromatic heterocycles. The third-order valence-electron chi connectivity index (χ3n) is 3.35. The zero-order chi connectivity index (χ0) is 15.8.